The van der Waals surface area contributed by atoms with Gasteiger partial charge in [-0.2, -0.15) is 0 Å². The summed E-state index contributed by atoms with van der Waals surface area (Å²) >= 11 is 6.02. The van der Waals surface area contributed by atoms with Gasteiger partial charge in [0.1, 0.15) is 5.49 Å². The van der Waals surface area contributed by atoms with Gasteiger partial charge in [-0.1, -0.05) is 56.6 Å². The molecule has 116 valence electrons. The molecule has 5 heteroatoms. The van der Waals surface area contributed by atoms with Crippen molar-refractivity contribution in [2.75, 3.05) is 0 Å². The molecular formula is C17H20ClN3O. The molecule has 4 nitrogen and oxygen atoms in total. The van der Waals surface area contributed by atoms with Gasteiger partial charge in [-0.3, -0.25) is 10.2 Å². The van der Waals surface area contributed by atoms with Crippen LogP contribution in [0.25, 0.3) is 0 Å². The molecule has 0 spiro atoms. The lowest BCUT2D eigenvalue weighted by Crippen LogP contribution is -2.29. The van der Waals surface area contributed by atoms with Crippen molar-refractivity contribution >= 4 is 17.5 Å². The van der Waals surface area contributed by atoms with E-state index in [9.17, 15) is 4.79 Å². The molecule has 0 bridgehead atoms. The summed E-state index contributed by atoms with van der Waals surface area (Å²) in [5, 5.41) is 8.49. The third kappa shape index (κ3) is 3.57. The maximum absolute atomic E-state index is 11.4. The number of benzene rings is 1. The molecule has 1 amide bonds. The number of halogens is 1. The molecule has 0 saturated carbocycles. The zero-order valence-corrected chi connectivity index (χ0v) is 13.7. The minimum absolute atomic E-state index is 0.0528. The van der Waals surface area contributed by atoms with Crippen molar-refractivity contribution in [2.24, 2.45) is 5.73 Å². The van der Waals surface area contributed by atoms with Crippen molar-refractivity contribution in [1.29, 1.82) is 5.41 Å². The molecule has 22 heavy (non-hydrogen) atoms. The van der Waals surface area contributed by atoms with Gasteiger partial charge in [0.15, 0.2) is 0 Å². The lowest BCUT2D eigenvalue weighted by molar-refractivity contribution is 0.0998. The maximum Gasteiger partial charge on any atom is 0.252 e. The van der Waals surface area contributed by atoms with Crippen LogP contribution in [0.3, 0.4) is 0 Å². The van der Waals surface area contributed by atoms with E-state index >= 15 is 0 Å². The SMILES string of the molecule is CC(C)(C)c1cccc(Cn2cc(Cl)cc(C(N)=O)c2=N)c1. The van der Waals surface area contributed by atoms with Crippen molar-refractivity contribution in [3.63, 3.8) is 0 Å². The lowest BCUT2D eigenvalue weighted by atomic mass is 9.86. The lowest BCUT2D eigenvalue weighted by Gasteiger charge is -2.20. The van der Waals surface area contributed by atoms with Crippen LogP contribution in [-0.4, -0.2) is 10.5 Å². The molecule has 2 rings (SSSR count). The second-order valence-corrected chi connectivity index (χ2v) is 6.80. The minimum Gasteiger partial charge on any atom is -0.365 e. The fourth-order valence-corrected chi connectivity index (χ4v) is 2.48. The molecule has 3 N–H and O–H groups in total. The third-order valence-corrected chi connectivity index (χ3v) is 3.72. The number of nitrogens with two attached hydrogens (primary N) is 1. The first kappa shape index (κ1) is 16.3. The fraction of sp³-hybridized carbons (Fsp3) is 0.294. The van der Waals surface area contributed by atoms with Gasteiger partial charge in [0.05, 0.1) is 10.6 Å². The number of nitrogens with one attached hydrogen (secondary N) is 1. The number of aromatic nitrogens is 1. The van der Waals surface area contributed by atoms with Crippen molar-refractivity contribution < 1.29 is 4.79 Å². The molecule has 1 aromatic carbocycles. The summed E-state index contributed by atoms with van der Waals surface area (Å²) in [5.41, 5.74) is 7.80. The van der Waals surface area contributed by atoms with Gasteiger partial charge in [0.25, 0.3) is 5.91 Å². The zero-order chi connectivity index (χ0) is 16.5. The molecule has 0 fully saturated rings. The molecule has 0 atom stereocenters. The van der Waals surface area contributed by atoms with Crippen LogP contribution in [0.1, 0.15) is 42.3 Å². The van der Waals surface area contributed by atoms with Crippen LogP contribution < -0.4 is 11.2 Å². The van der Waals surface area contributed by atoms with E-state index in [0.29, 0.717) is 11.6 Å². The quantitative estimate of drug-likeness (QED) is 0.897. The first-order valence-corrected chi connectivity index (χ1v) is 7.40. The Morgan fingerprint density at radius 1 is 1.32 bits per heavy atom. The second-order valence-electron chi connectivity index (χ2n) is 6.36. The highest BCUT2D eigenvalue weighted by Crippen LogP contribution is 2.23. The molecule has 1 aromatic heterocycles. The number of amides is 1. The summed E-state index contributed by atoms with van der Waals surface area (Å²) in [6, 6.07) is 9.61. The average molecular weight is 318 g/mol. The van der Waals surface area contributed by atoms with Crippen LogP contribution in [0.15, 0.2) is 36.5 Å². The first-order valence-electron chi connectivity index (χ1n) is 7.02. The maximum atomic E-state index is 11.4. The number of primary amides is 1. The van der Waals surface area contributed by atoms with Crippen molar-refractivity contribution in [1.82, 2.24) is 4.57 Å². The van der Waals surface area contributed by atoms with Crippen molar-refractivity contribution in [3.8, 4) is 0 Å². The van der Waals surface area contributed by atoms with Gasteiger partial charge >= 0.3 is 0 Å². The molecule has 0 aliphatic rings. The highest BCUT2D eigenvalue weighted by molar-refractivity contribution is 6.30. The Balaban J connectivity index is 2.44. The molecule has 0 unspecified atom stereocenters. The van der Waals surface area contributed by atoms with E-state index in [4.69, 9.17) is 22.7 Å². The van der Waals surface area contributed by atoms with Gasteiger partial charge in [0, 0.05) is 12.7 Å². The topological polar surface area (TPSA) is 71.9 Å². The summed E-state index contributed by atoms with van der Waals surface area (Å²) in [6.45, 7) is 6.92. The fourth-order valence-electron chi connectivity index (χ4n) is 2.26. The molecule has 1 heterocycles. The third-order valence-electron chi connectivity index (χ3n) is 3.52. The summed E-state index contributed by atoms with van der Waals surface area (Å²) < 4.78 is 1.63. The Morgan fingerprint density at radius 2 is 2.00 bits per heavy atom. The van der Waals surface area contributed by atoms with Crippen LogP contribution in [0.4, 0.5) is 0 Å². The van der Waals surface area contributed by atoms with Crippen LogP contribution >= 0.6 is 11.6 Å². The second kappa shape index (κ2) is 5.97. The smallest absolute Gasteiger partial charge is 0.252 e. The molecule has 2 aromatic rings. The Morgan fingerprint density at radius 3 is 2.59 bits per heavy atom. The average Bonchev–Trinajstić information content (AvgIpc) is 2.41. The number of pyridine rings is 1. The first-order chi connectivity index (χ1) is 10.2. The summed E-state index contributed by atoms with van der Waals surface area (Å²) in [4.78, 5) is 11.4. The van der Waals surface area contributed by atoms with Crippen molar-refractivity contribution in [2.45, 2.75) is 32.7 Å². The number of nitrogens with zero attached hydrogens (tertiary/aromatic N) is 1. The largest absolute Gasteiger partial charge is 0.365 e. The van der Waals surface area contributed by atoms with Crippen molar-refractivity contribution in [3.05, 3.63) is 63.7 Å². The number of hydrogen-bond donors (Lipinski definition) is 2. The highest BCUT2D eigenvalue weighted by atomic mass is 35.5. The summed E-state index contributed by atoms with van der Waals surface area (Å²) in [5.74, 6) is -0.648. The van der Waals surface area contributed by atoms with Crippen LogP contribution in [0.5, 0.6) is 0 Å². The van der Waals surface area contributed by atoms with Gasteiger partial charge < -0.3 is 10.3 Å². The molecule has 0 aliphatic carbocycles. The number of hydrogen-bond acceptors (Lipinski definition) is 2. The molecule has 0 radical (unpaired) electrons. The molecular weight excluding hydrogens is 298 g/mol. The van der Waals surface area contributed by atoms with E-state index in [1.165, 1.54) is 11.6 Å². The van der Waals surface area contributed by atoms with E-state index < -0.39 is 5.91 Å². The van der Waals surface area contributed by atoms with Crippen LogP contribution in [0.2, 0.25) is 5.02 Å². The number of carbonyl (C=O) groups excluding carboxylic acids is 1. The van der Waals surface area contributed by atoms with Gasteiger partial charge in [0.2, 0.25) is 0 Å². The van der Waals surface area contributed by atoms with E-state index in [2.05, 4.69) is 32.9 Å². The normalized spacial score (nSPS) is 11.5. The Bertz CT molecular complexity index is 772. The number of carbonyl (C=O) groups is 1. The minimum atomic E-state index is -0.648. The van der Waals surface area contributed by atoms with Crippen LogP contribution in [0, 0.1) is 5.41 Å². The predicted molar refractivity (Wildman–Crippen MR) is 88.1 cm³/mol. The molecule has 0 saturated heterocycles. The standard InChI is InChI=1S/C17H20ClN3O/c1-17(2,3)12-6-4-5-11(7-12)9-21-10-13(18)8-14(15(21)19)16(20)22/h4-8,10,19H,9H2,1-3H3,(H2,20,22). The zero-order valence-electron chi connectivity index (χ0n) is 13.0. The summed E-state index contributed by atoms with van der Waals surface area (Å²) in [7, 11) is 0. The molecule has 0 aliphatic heterocycles. The van der Waals surface area contributed by atoms with E-state index in [-0.39, 0.29) is 16.5 Å². The Hall–Kier alpha value is -2.07. The Labute approximate surface area is 135 Å². The van der Waals surface area contributed by atoms with E-state index in [1.807, 2.05) is 12.1 Å². The van der Waals surface area contributed by atoms with Crippen LogP contribution in [-0.2, 0) is 12.0 Å². The number of rotatable bonds is 3. The highest BCUT2D eigenvalue weighted by Gasteiger charge is 2.14. The van der Waals surface area contributed by atoms with Gasteiger partial charge in [-0.05, 0) is 22.6 Å². The Kier molecular flexibility index (Phi) is 4.42. The predicted octanol–water partition coefficient (Wildman–Crippen LogP) is 3.07. The summed E-state index contributed by atoms with van der Waals surface area (Å²) in [6.07, 6.45) is 1.64. The van der Waals surface area contributed by atoms with Gasteiger partial charge in [-0.15, -0.1) is 0 Å². The van der Waals surface area contributed by atoms with E-state index in [0.717, 1.165) is 5.56 Å². The van der Waals surface area contributed by atoms with Gasteiger partial charge in [-0.25, -0.2) is 0 Å². The monoisotopic (exact) mass is 317 g/mol. The van der Waals surface area contributed by atoms with E-state index in [1.54, 1.807) is 10.8 Å².